The number of likely N-dealkylation sites (tertiary alicyclic amines) is 1. The van der Waals surface area contributed by atoms with Gasteiger partial charge in [-0.3, -0.25) is 10.1 Å². The minimum atomic E-state index is -0.769. The van der Waals surface area contributed by atoms with Crippen LogP contribution >= 0.6 is 0 Å². The molecule has 0 aliphatic carbocycles. The highest BCUT2D eigenvalue weighted by Gasteiger charge is 2.40. The Hall–Kier alpha value is -2.31. The molecule has 2 heterocycles. The van der Waals surface area contributed by atoms with Crippen LogP contribution < -0.4 is 4.90 Å². The summed E-state index contributed by atoms with van der Waals surface area (Å²) in [7, 11) is 0. The fourth-order valence-electron chi connectivity index (χ4n) is 3.68. The summed E-state index contributed by atoms with van der Waals surface area (Å²) in [5.41, 5.74) is 2.38. The standard InChI is InChI=1S/C14H20N2O2.C6H11NO2/c1-13(2,3)15-9-14(4,5)11-7-6-10(16(17)18)8-12(11)15;8-6(9)7-4-2-1-3-5-7/h6-8H,9H2,1-5H3;1-5H2,(H,8,9). The molecule has 27 heavy (non-hydrogen) atoms. The van der Waals surface area contributed by atoms with Crippen molar-refractivity contribution in [1.82, 2.24) is 4.90 Å². The summed E-state index contributed by atoms with van der Waals surface area (Å²) in [4.78, 5) is 24.6. The van der Waals surface area contributed by atoms with Gasteiger partial charge in [0.25, 0.3) is 5.69 Å². The van der Waals surface area contributed by atoms with Crippen molar-refractivity contribution in [2.24, 2.45) is 0 Å². The van der Waals surface area contributed by atoms with Crippen molar-refractivity contribution >= 4 is 17.5 Å². The summed E-state index contributed by atoms with van der Waals surface area (Å²) in [6.45, 7) is 13.1. The van der Waals surface area contributed by atoms with Crippen LogP contribution in [0, 0.1) is 10.1 Å². The lowest BCUT2D eigenvalue weighted by molar-refractivity contribution is -0.384. The van der Waals surface area contributed by atoms with Gasteiger partial charge >= 0.3 is 6.09 Å². The molecular formula is C20H31N3O4. The molecule has 0 bridgehead atoms. The first-order valence-electron chi connectivity index (χ1n) is 9.48. The van der Waals surface area contributed by atoms with Gasteiger partial charge in [-0.05, 0) is 51.7 Å². The molecule has 1 saturated heterocycles. The van der Waals surface area contributed by atoms with Gasteiger partial charge in [0, 0.05) is 48.4 Å². The number of amides is 1. The minimum Gasteiger partial charge on any atom is -0.465 e. The molecule has 2 aliphatic heterocycles. The SMILES string of the molecule is CC1(C)CN(C(C)(C)C)c2cc([N+](=O)[O-])ccc21.O=C(O)N1CCCCC1. The molecule has 0 radical (unpaired) electrons. The second-order valence-corrected chi connectivity index (χ2v) is 8.93. The second-order valence-electron chi connectivity index (χ2n) is 8.93. The van der Waals surface area contributed by atoms with E-state index in [1.165, 1.54) is 16.9 Å². The number of benzene rings is 1. The Morgan fingerprint density at radius 3 is 2.22 bits per heavy atom. The number of nitrogens with zero attached hydrogens (tertiary/aromatic N) is 3. The van der Waals surface area contributed by atoms with Crippen molar-refractivity contribution in [1.29, 1.82) is 0 Å². The predicted octanol–water partition coefficient (Wildman–Crippen LogP) is 4.64. The van der Waals surface area contributed by atoms with E-state index in [0.29, 0.717) is 0 Å². The number of hydrogen-bond acceptors (Lipinski definition) is 4. The average Bonchev–Trinajstić information content (AvgIpc) is 2.87. The van der Waals surface area contributed by atoms with E-state index in [-0.39, 0.29) is 21.6 Å². The van der Waals surface area contributed by atoms with E-state index in [1.54, 1.807) is 12.1 Å². The van der Waals surface area contributed by atoms with E-state index in [4.69, 9.17) is 5.11 Å². The Balaban J connectivity index is 0.000000244. The predicted molar refractivity (Wildman–Crippen MR) is 107 cm³/mol. The topological polar surface area (TPSA) is 86.9 Å². The molecule has 7 heteroatoms. The molecule has 0 saturated carbocycles. The van der Waals surface area contributed by atoms with Crippen molar-refractivity contribution in [3.63, 3.8) is 0 Å². The fourth-order valence-corrected chi connectivity index (χ4v) is 3.68. The molecular weight excluding hydrogens is 346 g/mol. The number of nitro benzene ring substituents is 1. The molecule has 0 atom stereocenters. The van der Waals surface area contributed by atoms with Gasteiger partial charge in [-0.25, -0.2) is 4.79 Å². The highest BCUT2D eigenvalue weighted by atomic mass is 16.6. The number of piperidine rings is 1. The molecule has 1 aromatic rings. The van der Waals surface area contributed by atoms with Crippen LogP contribution in [0.1, 0.15) is 59.4 Å². The van der Waals surface area contributed by atoms with Crippen LogP contribution in [-0.2, 0) is 5.41 Å². The van der Waals surface area contributed by atoms with Crippen LogP contribution in [0.5, 0.6) is 0 Å². The number of nitro groups is 1. The highest BCUT2D eigenvalue weighted by Crippen LogP contribution is 2.44. The summed E-state index contributed by atoms with van der Waals surface area (Å²) in [6.07, 6.45) is 2.48. The molecule has 3 rings (SSSR count). The fraction of sp³-hybridized carbons (Fsp3) is 0.650. The number of carboxylic acid groups (broad SMARTS) is 1. The van der Waals surface area contributed by atoms with E-state index in [2.05, 4.69) is 39.5 Å². The molecule has 0 aromatic heterocycles. The van der Waals surface area contributed by atoms with Crippen LogP contribution in [0.3, 0.4) is 0 Å². The monoisotopic (exact) mass is 377 g/mol. The van der Waals surface area contributed by atoms with E-state index < -0.39 is 6.09 Å². The lowest BCUT2D eigenvalue weighted by Gasteiger charge is -2.35. The summed E-state index contributed by atoms with van der Waals surface area (Å²) in [6, 6.07) is 5.21. The molecule has 2 aliphatic rings. The Labute approximate surface area is 161 Å². The Morgan fingerprint density at radius 1 is 1.19 bits per heavy atom. The number of fused-ring (bicyclic) bond motifs is 1. The van der Waals surface area contributed by atoms with Gasteiger partial charge in [0.15, 0.2) is 0 Å². The zero-order valence-corrected chi connectivity index (χ0v) is 17.0. The van der Waals surface area contributed by atoms with Gasteiger partial charge in [0.1, 0.15) is 0 Å². The molecule has 0 spiro atoms. The Kier molecular flexibility index (Phi) is 6.02. The van der Waals surface area contributed by atoms with Crippen molar-refractivity contribution in [3.05, 3.63) is 33.9 Å². The first-order chi connectivity index (χ1) is 12.4. The Morgan fingerprint density at radius 2 is 1.78 bits per heavy atom. The van der Waals surface area contributed by atoms with E-state index in [1.807, 2.05) is 6.07 Å². The molecule has 1 N–H and O–H groups in total. The van der Waals surface area contributed by atoms with Crippen molar-refractivity contribution in [2.45, 2.75) is 64.8 Å². The maximum Gasteiger partial charge on any atom is 0.407 e. The average molecular weight is 377 g/mol. The third-order valence-corrected chi connectivity index (χ3v) is 5.20. The van der Waals surface area contributed by atoms with Gasteiger partial charge in [-0.15, -0.1) is 0 Å². The smallest absolute Gasteiger partial charge is 0.407 e. The molecule has 0 unspecified atom stereocenters. The zero-order valence-electron chi connectivity index (χ0n) is 17.0. The van der Waals surface area contributed by atoms with Crippen LogP contribution in [0.4, 0.5) is 16.2 Å². The largest absolute Gasteiger partial charge is 0.465 e. The molecule has 1 fully saturated rings. The van der Waals surface area contributed by atoms with Gasteiger partial charge < -0.3 is 14.9 Å². The van der Waals surface area contributed by atoms with Gasteiger partial charge in [-0.1, -0.05) is 13.8 Å². The third-order valence-electron chi connectivity index (χ3n) is 5.20. The lowest BCUT2D eigenvalue weighted by Crippen LogP contribution is -2.42. The number of rotatable bonds is 1. The van der Waals surface area contributed by atoms with Crippen molar-refractivity contribution < 1.29 is 14.8 Å². The van der Waals surface area contributed by atoms with Crippen LogP contribution in [0.25, 0.3) is 0 Å². The first kappa shape index (κ1) is 21.0. The molecule has 1 aromatic carbocycles. The third kappa shape index (κ3) is 4.90. The van der Waals surface area contributed by atoms with Crippen LogP contribution in [0.2, 0.25) is 0 Å². The summed E-state index contributed by atoms with van der Waals surface area (Å²) in [5.74, 6) is 0. The lowest BCUT2D eigenvalue weighted by atomic mass is 9.87. The second kappa shape index (κ2) is 7.74. The zero-order chi connectivity index (χ0) is 20.4. The highest BCUT2D eigenvalue weighted by molar-refractivity contribution is 5.67. The van der Waals surface area contributed by atoms with Crippen molar-refractivity contribution in [2.75, 3.05) is 24.5 Å². The first-order valence-corrected chi connectivity index (χ1v) is 9.48. The van der Waals surface area contributed by atoms with Crippen LogP contribution in [0.15, 0.2) is 18.2 Å². The number of anilines is 1. The summed E-state index contributed by atoms with van der Waals surface area (Å²) < 4.78 is 0. The van der Waals surface area contributed by atoms with E-state index in [0.717, 1.165) is 38.2 Å². The van der Waals surface area contributed by atoms with Crippen LogP contribution in [-0.4, -0.2) is 46.2 Å². The van der Waals surface area contributed by atoms with Crippen molar-refractivity contribution in [3.8, 4) is 0 Å². The quantitative estimate of drug-likeness (QED) is 0.569. The molecule has 7 nitrogen and oxygen atoms in total. The van der Waals surface area contributed by atoms with Gasteiger partial charge in [0.2, 0.25) is 0 Å². The van der Waals surface area contributed by atoms with Gasteiger partial charge in [0.05, 0.1) is 4.92 Å². The maximum absolute atomic E-state index is 10.9. The summed E-state index contributed by atoms with van der Waals surface area (Å²) in [5, 5.41) is 19.4. The molecule has 1 amide bonds. The van der Waals surface area contributed by atoms with E-state index in [9.17, 15) is 14.9 Å². The number of hydrogen-bond donors (Lipinski definition) is 1. The Bertz CT molecular complexity index is 704. The number of carbonyl (C=O) groups is 1. The summed E-state index contributed by atoms with van der Waals surface area (Å²) >= 11 is 0. The molecule has 150 valence electrons. The van der Waals surface area contributed by atoms with Gasteiger partial charge in [-0.2, -0.15) is 0 Å². The number of non-ortho nitro benzene ring substituents is 1. The minimum absolute atomic E-state index is 0.0300. The maximum atomic E-state index is 10.9. The van der Waals surface area contributed by atoms with E-state index >= 15 is 0 Å². The normalized spacial score (nSPS) is 18.4.